The lowest BCUT2D eigenvalue weighted by atomic mass is 10.2. The van der Waals surface area contributed by atoms with Crippen molar-refractivity contribution in [2.75, 3.05) is 25.5 Å². The second-order valence-electron chi connectivity index (χ2n) is 7.63. The fourth-order valence-corrected chi connectivity index (χ4v) is 5.30. The number of nitrogens with one attached hydrogen (secondary N) is 1. The van der Waals surface area contributed by atoms with Gasteiger partial charge in [0.15, 0.2) is 11.4 Å². The number of carbonyl (C=O) groups is 1. The maximum Gasteiger partial charge on any atom is 0.280 e. The van der Waals surface area contributed by atoms with Gasteiger partial charge in [0, 0.05) is 18.8 Å². The van der Waals surface area contributed by atoms with Crippen LogP contribution in [0.2, 0.25) is 0 Å². The van der Waals surface area contributed by atoms with Crippen LogP contribution in [-0.2, 0) is 10.0 Å². The van der Waals surface area contributed by atoms with Crippen molar-refractivity contribution in [1.29, 1.82) is 0 Å². The van der Waals surface area contributed by atoms with Crippen molar-refractivity contribution in [1.82, 2.24) is 14.1 Å². The summed E-state index contributed by atoms with van der Waals surface area (Å²) in [5.74, 6) is -0.166. The van der Waals surface area contributed by atoms with E-state index in [0.717, 1.165) is 31.4 Å². The minimum absolute atomic E-state index is 0.108. The lowest BCUT2D eigenvalue weighted by Crippen LogP contribution is -2.32. The molecular formula is C23H26N4O4S. The Kier molecular flexibility index (Phi) is 6.57. The van der Waals surface area contributed by atoms with Gasteiger partial charge in [-0.1, -0.05) is 37.1 Å². The second kappa shape index (κ2) is 9.54. The molecule has 2 aromatic carbocycles. The number of hydrogen-bond donors (Lipinski definition) is 1. The molecule has 32 heavy (non-hydrogen) atoms. The predicted octanol–water partition coefficient (Wildman–Crippen LogP) is 3.70. The van der Waals surface area contributed by atoms with E-state index in [9.17, 15) is 13.2 Å². The highest BCUT2D eigenvalue weighted by Gasteiger charge is 2.26. The number of methoxy groups -OCH3 is 1. The fraction of sp³-hybridized carbons (Fsp3) is 0.304. The summed E-state index contributed by atoms with van der Waals surface area (Å²) >= 11 is 0. The number of ether oxygens (including phenoxy) is 1. The van der Waals surface area contributed by atoms with E-state index in [0.29, 0.717) is 24.5 Å². The van der Waals surface area contributed by atoms with Gasteiger partial charge in [-0.25, -0.2) is 13.1 Å². The molecule has 8 nitrogen and oxygen atoms in total. The minimum atomic E-state index is -3.62. The average Bonchev–Trinajstić information content (AvgIpc) is 3.05. The van der Waals surface area contributed by atoms with Crippen LogP contribution in [-0.4, -0.2) is 48.6 Å². The Morgan fingerprint density at radius 2 is 1.72 bits per heavy atom. The second-order valence-corrected chi connectivity index (χ2v) is 9.56. The number of sulfonamides is 1. The van der Waals surface area contributed by atoms with E-state index in [1.807, 2.05) is 30.3 Å². The Labute approximate surface area is 187 Å². The van der Waals surface area contributed by atoms with E-state index in [1.54, 1.807) is 29.1 Å². The summed E-state index contributed by atoms with van der Waals surface area (Å²) in [4.78, 5) is 13.1. The summed E-state index contributed by atoms with van der Waals surface area (Å²) < 4.78 is 34.6. The number of para-hydroxylation sites is 1. The van der Waals surface area contributed by atoms with Crippen LogP contribution >= 0.6 is 0 Å². The van der Waals surface area contributed by atoms with Gasteiger partial charge in [0.2, 0.25) is 10.0 Å². The molecule has 3 aromatic rings. The van der Waals surface area contributed by atoms with E-state index in [4.69, 9.17) is 4.74 Å². The quantitative estimate of drug-likeness (QED) is 0.613. The van der Waals surface area contributed by atoms with Crippen LogP contribution < -0.4 is 10.1 Å². The van der Waals surface area contributed by atoms with Crippen molar-refractivity contribution in [3.8, 4) is 11.4 Å². The Morgan fingerprint density at radius 1 is 1.00 bits per heavy atom. The Hall–Kier alpha value is -3.17. The molecule has 1 amide bonds. The highest BCUT2D eigenvalue weighted by molar-refractivity contribution is 7.89. The van der Waals surface area contributed by atoms with Gasteiger partial charge in [0.05, 0.1) is 23.9 Å². The summed E-state index contributed by atoms with van der Waals surface area (Å²) in [6.45, 7) is 1.04. The predicted molar refractivity (Wildman–Crippen MR) is 122 cm³/mol. The summed E-state index contributed by atoms with van der Waals surface area (Å²) in [6, 6.07) is 15.7. The van der Waals surface area contributed by atoms with Crippen LogP contribution in [0.1, 0.15) is 36.2 Å². The molecule has 0 unspecified atom stereocenters. The first kappa shape index (κ1) is 22.0. The molecule has 0 spiro atoms. The third-order valence-electron chi connectivity index (χ3n) is 5.43. The topological polar surface area (TPSA) is 93.5 Å². The van der Waals surface area contributed by atoms with Gasteiger partial charge in [-0.15, -0.1) is 0 Å². The number of anilines is 1. The number of benzene rings is 2. The molecule has 9 heteroatoms. The minimum Gasteiger partial charge on any atom is -0.493 e. The van der Waals surface area contributed by atoms with E-state index in [2.05, 4.69) is 10.4 Å². The largest absolute Gasteiger partial charge is 0.493 e. The van der Waals surface area contributed by atoms with Crippen LogP contribution in [0.3, 0.4) is 0 Å². The standard InChI is InChI=1S/C23H26N4O4S/c1-31-21-17-27(19-11-5-4-6-12-19)25-22(21)23(28)24-18-10-9-13-20(16-18)32(29,30)26-14-7-2-3-8-15-26/h4-6,9-13,16-17H,2-3,7-8,14-15H2,1H3,(H,24,28). The highest BCUT2D eigenvalue weighted by Crippen LogP contribution is 2.24. The summed E-state index contributed by atoms with van der Waals surface area (Å²) in [6.07, 6.45) is 5.43. The number of hydrogen-bond acceptors (Lipinski definition) is 5. The Bertz CT molecular complexity index is 1180. The molecule has 1 aliphatic heterocycles. The lowest BCUT2D eigenvalue weighted by Gasteiger charge is -2.20. The first-order valence-electron chi connectivity index (χ1n) is 10.6. The monoisotopic (exact) mass is 454 g/mol. The summed E-state index contributed by atoms with van der Waals surface area (Å²) in [5, 5.41) is 7.10. The third-order valence-corrected chi connectivity index (χ3v) is 7.33. The zero-order valence-electron chi connectivity index (χ0n) is 17.9. The maximum absolute atomic E-state index is 13.1. The number of nitrogens with zero attached hydrogens (tertiary/aromatic N) is 3. The molecule has 0 bridgehead atoms. The van der Waals surface area contributed by atoms with Gasteiger partial charge in [-0.3, -0.25) is 4.79 Å². The molecule has 1 saturated heterocycles. The number of amides is 1. The zero-order valence-corrected chi connectivity index (χ0v) is 18.7. The molecule has 4 rings (SSSR count). The maximum atomic E-state index is 13.1. The molecule has 2 heterocycles. The molecule has 0 radical (unpaired) electrons. The number of carbonyl (C=O) groups excluding carboxylic acids is 1. The molecule has 168 valence electrons. The van der Waals surface area contributed by atoms with Crippen molar-refractivity contribution < 1.29 is 17.9 Å². The van der Waals surface area contributed by atoms with Crippen LogP contribution in [0.25, 0.3) is 5.69 Å². The van der Waals surface area contributed by atoms with Crippen molar-refractivity contribution in [2.45, 2.75) is 30.6 Å². The van der Waals surface area contributed by atoms with Crippen LogP contribution in [0.5, 0.6) is 5.75 Å². The first-order chi connectivity index (χ1) is 15.5. The summed E-state index contributed by atoms with van der Waals surface area (Å²) in [7, 11) is -2.15. The van der Waals surface area contributed by atoms with Gasteiger partial charge >= 0.3 is 0 Å². The number of aromatic nitrogens is 2. The molecule has 0 saturated carbocycles. The van der Waals surface area contributed by atoms with E-state index in [-0.39, 0.29) is 10.6 Å². The molecule has 1 aromatic heterocycles. The van der Waals surface area contributed by atoms with E-state index < -0.39 is 15.9 Å². The van der Waals surface area contributed by atoms with E-state index in [1.165, 1.54) is 17.5 Å². The molecule has 0 atom stereocenters. The molecule has 1 N–H and O–H groups in total. The molecule has 0 aliphatic carbocycles. The Morgan fingerprint density at radius 3 is 2.41 bits per heavy atom. The number of rotatable bonds is 6. The van der Waals surface area contributed by atoms with Gasteiger partial charge in [-0.05, 0) is 43.2 Å². The molecule has 1 fully saturated rings. The van der Waals surface area contributed by atoms with Gasteiger partial charge in [0.25, 0.3) is 5.91 Å². The van der Waals surface area contributed by atoms with Crippen LogP contribution in [0.4, 0.5) is 5.69 Å². The van der Waals surface area contributed by atoms with Crippen LogP contribution in [0.15, 0.2) is 65.7 Å². The van der Waals surface area contributed by atoms with Gasteiger partial charge < -0.3 is 10.1 Å². The normalized spacial score (nSPS) is 15.2. The SMILES string of the molecule is COc1cn(-c2ccccc2)nc1C(=O)Nc1cccc(S(=O)(=O)N2CCCCCC2)c1. The molecular weight excluding hydrogens is 428 g/mol. The Balaban J connectivity index is 1.56. The summed E-state index contributed by atoms with van der Waals surface area (Å²) in [5.41, 5.74) is 1.27. The molecule has 1 aliphatic rings. The van der Waals surface area contributed by atoms with Crippen molar-refractivity contribution >= 4 is 21.6 Å². The van der Waals surface area contributed by atoms with Gasteiger partial charge in [0.1, 0.15) is 0 Å². The highest BCUT2D eigenvalue weighted by atomic mass is 32.2. The average molecular weight is 455 g/mol. The smallest absolute Gasteiger partial charge is 0.280 e. The third kappa shape index (κ3) is 4.68. The zero-order chi connectivity index (χ0) is 22.6. The van der Waals surface area contributed by atoms with Crippen molar-refractivity contribution in [3.05, 3.63) is 66.5 Å². The van der Waals surface area contributed by atoms with Crippen molar-refractivity contribution in [2.24, 2.45) is 0 Å². The van der Waals surface area contributed by atoms with E-state index >= 15 is 0 Å². The first-order valence-corrected chi connectivity index (χ1v) is 12.0. The fourth-order valence-electron chi connectivity index (χ4n) is 3.73. The lowest BCUT2D eigenvalue weighted by molar-refractivity contribution is 0.101. The van der Waals surface area contributed by atoms with Gasteiger partial charge in [-0.2, -0.15) is 9.40 Å². The van der Waals surface area contributed by atoms with Crippen molar-refractivity contribution in [3.63, 3.8) is 0 Å². The van der Waals surface area contributed by atoms with Crippen LogP contribution in [0, 0.1) is 0 Å².